The number of nitrogens with zero attached hydrogens (tertiary/aromatic N) is 3. The Bertz CT molecular complexity index is 1580. The molecule has 1 aliphatic rings. The van der Waals surface area contributed by atoms with Gasteiger partial charge in [0.1, 0.15) is 29.6 Å². The van der Waals surface area contributed by atoms with Crippen molar-refractivity contribution in [3.63, 3.8) is 0 Å². The maximum atomic E-state index is 14.2. The van der Waals surface area contributed by atoms with Crippen LogP contribution in [0.4, 0.5) is 17.6 Å². The highest BCUT2D eigenvalue weighted by Crippen LogP contribution is 2.46. The number of pyridine rings is 1. The number of hydrogen-bond donors (Lipinski definition) is 1. The van der Waals surface area contributed by atoms with Gasteiger partial charge in [0.2, 0.25) is 5.88 Å². The summed E-state index contributed by atoms with van der Waals surface area (Å²) in [6, 6.07) is 6.95. The van der Waals surface area contributed by atoms with Crippen LogP contribution >= 0.6 is 11.3 Å². The summed E-state index contributed by atoms with van der Waals surface area (Å²) in [4.78, 5) is 4.26. The van der Waals surface area contributed by atoms with E-state index in [4.69, 9.17) is 9.47 Å². The predicted molar refractivity (Wildman–Crippen MR) is 131 cm³/mol. The molecular formula is C23H20F4N4O5S2. The van der Waals surface area contributed by atoms with Gasteiger partial charge < -0.3 is 19.0 Å². The van der Waals surface area contributed by atoms with Crippen LogP contribution in [0.15, 0.2) is 35.7 Å². The summed E-state index contributed by atoms with van der Waals surface area (Å²) in [7, 11) is -4.53. The highest BCUT2D eigenvalue weighted by atomic mass is 32.2. The van der Waals surface area contributed by atoms with Gasteiger partial charge in [-0.05, 0) is 29.6 Å². The summed E-state index contributed by atoms with van der Waals surface area (Å²) < 4.78 is 94.9. The number of fused-ring (bicyclic) bond motifs is 2. The van der Waals surface area contributed by atoms with Gasteiger partial charge in [-0.2, -0.15) is 26.7 Å². The van der Waals surface area contributed by atoms with Crippen LogP contribution in [0.2, 0.25) is 0 Å². The standard InChI is InChI=1S/C23H20F4N4O5S2/c1-34-7-8-35-18-10-13(24)2-3-15(18)19-20(17-11-14-12-28-5-6-31(14)30-17)29-22(16-4-9-37-21(16)19)36-38(32,33)23(25,26)27/h2-4,9-11,28H,5-8,12H2,1H3. The monoisotopic (exact) mass is 572 g/mol. The third kappa shape index (κ3) is 4.93. The normalized spacial score (nSPS) is 14.0. The van der Waals surface area contributed by atoms with Crippen LogP contribution in [-0.4, -0.2) is 55.6 Å². The van der Waals surface area contributed by atoms with Crippen LogP contribution in [0, 0.1) is 5.82 Å². The Morgan fingerprint density at radius 3 is 2.74 bits per heavy atom. The molecule has 1 N–H and O–H groups in total. The van der Waals surface area contributed by atoms with E-state index in [0.717, 1.165) is 17.0 Å². The molecule has 4 aromatic rings. The molecule has 5 rings (SSSR count). The number of ether oxygens (including phenoxy) is 2. The molecule has 0 amide bonds. The minimum absolute atomic E-state index is 0.0272. The van der Waals surface area contributed by atoms with Gasteiger partial charge >= 0.3 is 15.6 Å². The van der Waals surface area contributed by atoms with E-state index in [1.807, 2.05) is 0 Å². The number of nitrogens with one attached hydrogen (secondary N) is 1. The molecular weight excluding hydrogens is 552 g/mol. The SMILES string of the molecule is COCCOc1cc(F)ccc1-c1c(-c2cc3n(n2)CCNC3)nc(OS(=O)(=O)C(F)(F)F)c2ccsc12. The number of rotatable bonds is 8. The van der Waals surface area contributed by atoms with E-state index in [-0.39, 0.29) is 35.7 Å². The van der Waals surface area contributed by atoms with Crippen molar-refractivity contribution in [1.82, 2.24) is 20.1 Å². The number of halogens is 4. The van der Waals surface area contributed by atoms with E-state index in [0.29, 0.717) is 35.5 Å². The Balaban J connectivity index is 1.77. The smallest absolute Gasteiger partial charge is 0.490 e. The second-order valence-electron chi connectivity index (χ2n) is 8.19. The van der Waals surface area contributed by atoms with Gasteiger partial charge in [-0.15, -0.1) is 11.3 Å². The molecule has 4 heterocycles. The summed E-state index contributed by atoms with van der Waals surface area (Å²) in [5.41, 5.74) is -3.78. The number of methoxy groups -OCH3 is 1. The highest BCUT2D eigenvalue weighted by Gasteiger charge is 2.49. The molecule has 0 unspecified atom stereocenters. The fourth-order valence-corrected chi connectivity index (χ4v) is 5.39. The quantitative estimate of drug-likeness (QED) is 0.144. The van der Waals surface area contributed by atoms with Gasteiger partial charge in [0.05, 0.1) is 24.2 Å². The first-order valence-electron chi connectivity index (χ1n) is 11.2. The van der Waals surface area contributed by atoms with Crippen molar-refractivity contribution in [2.75, 3.05) is 26.9 Å². The fourth-order valence-electron chi connectivity index (χ4n) is 4.01. The van der Waals surface area contributed by atoms with Crippen LogP contribution < -0.4 is 14.2 Å². The maximum absolute atomic E-state index is 14.2. The molecule has 9 nitrogen and oxygen atoms in total. The zero-order valence-electron chi connectivity index (χ0n) is 19.7. The first-order valence-corrected chi connectivity index (χ1v) is 13.5. The van der Waals surface area contributed by atoms with Gasteiger partial charge in [-0.3, -0.25) is 4.68 Å². The van der Waals surface area contributed by atoms with E-state index in [1.165, 1.54) is 31.4 Å². The van der Waals surface area contributed by atoms with Crippen LogP contribution in [0.3, 0.4) is 0 Å². The Hall–Kier alpha value is -3.27. The lowest BCUT2D eigenvalue weighted by molar-refractivity contribution is -0.0500. The first kappa shape index (κ1) is 26.3. The van der Waals surface area contributed by atoms with Gasteiger partial charge in [0.25, 0.3) is 0 Å². The number of thiophene rings is 1. The molecule has 0 atom stereocenters. The molecule has 0 aliphatic carbocycles. The van der Waals surface area contributed by atoms with Crippen molar-refractivity contribution in [2.24, 2.45) is 0 Å². The number of hydrogen-bond acceptors (Lipinski definition) is 9. The Morgan fingerprint density at radius 2 is 2.00 bits per heavy atom. The lowest BCUT2D eigenvalue weighted by Crippen LogP contribution is -2.28. The topological polar surface area (TPSA) is 105 Å². The zero-order valence-corrected chi connectivity index (χ0v) is 21.3. The van der Waals surface area contributed by atoms with E-state index in [9.17, 15) is 26.0 Å². The second kappa shape index (κ2) is 10.1. The fraction of sp³-hybridized carbons (Fsp3) is 0.304. The van der Waals surface area contributed by atoms with Crippen molar-refractivity contribution >= 4 is 31.5 Å². The van der Waals surface area contributed by atoms with Crippen LogP contribution in [-0.2, 0) is 27.9 Å². The summed E-state index contributed by atoms with van der Waals surface area (Å²) in [5, 5.41) is 9.35. The van der Waals surface area contributed by atoms with Crippen molar-refractivity contribution in [3.05, 3.63) is 47.2 Å². The van der Waals surface area contributed by atoms with Gasteiger partial charge in [-0.25, -0.2) is 9.37 Å². The predicted octanol–water partition coefficient (Wildman–Crippen LogP) is 4.32. The van der Waals surface area contributed by atoms with Crippen molar-refractivity contribution in [2.45, 2.75) is 18.6 Å². The Kier molecular flexibility index (Phi) is 7.02. The number of aromatic nitrogens is 3. The Morgan fingerprint density at radius 1 is 1.18 bits per heavy atom. The summed E-state index contributed by atoms with van der Waals surface area (Å²) >= 11 is 1.12. The maximum Gasteiger partial charge on any atom is 0.534 e. The van der Waals surface area contributed by atoms with E-state index >= 15 is 0 Å². The third-order valence-electron chi connectivity index (χ3n) is 5.72. The summed E-state index contributed by atoms with van der Waals surface area (Å²) in [6.45, 7) is 2.01. The lowest BCUT2D eigenvalue weighted by atomic mass is 9.99. The molecule has 0 spiro atoms. The molecule has 202 valence electrons. The first-order chi connectivity index (χ1) is 18.1. The molecule has 38 heavy (non-hydrogen) atoms. The largest absolute Gasteiger partial charge is 0.534 e. The molecule has 0 bridgehead atoms. The molecule has 3 aromatic heterocycles. The lowest BCUT2D eigenvalue weighted by Gasteiger charge is -2.17. The third-order valence-corrected chi connectivity index (χ3v) is 7.59. The minimum Gasteiger partial charge on any atom is -0.490 e. The van der Waals surface area contributed by atoms with E-state index in [2.05, 4.69) is 19.6 Å². The average molecular weight is 573 g/mol. The molecule has 1 aliphatic heterocycles. The summed E-state index contributed by atoms with van der Waals surface area (Å²) in [5.74, 6) is -1.18. The number of alkyl halides is 3. The van der Waals surface area contributed by atoms with Gasteiger partial charge in [0, 0.05) is 42.1 Å². The van der Waals surface area contributed by atoms with Crippen LogP contribution in [0.5, 0.6) is 11.6 Å². The minimum atomic E-state index is -6.01. The van der Waals surface area contributed by atoms with E-state index < -0.39 is 27.3 Å². The zero-order chi connectivity index (χ0) is 27.1. The van der Waals surface area contributed by atoms with Crippen LogP contribution in [0.25, 0.3) is 32.6 Å². The van der Waals surface area contributed by atoms with Crippen molar-refractivity contribution < 1.29 is 39.6 Å². The molecule has 0 saturated carbocycles. The molecule has 0 radical (unpaired) electrons. The second-order valence-corrected chi connectivity index (χ2v) is 10.6. The molecule has 15 heteroatoms. The summed E-state index contributed by atoms with van der Waals surface area (Å²) in [6.07, 6.45) is 0. The van der Waals surface area contributed by atoms with Crippen LogP contribution in [0.1, 0.15) is 5.69 Å². The highest BCUT2D eigenvalue weighted by molar-refractivity contribution is 7.88. The Labute approximate surface area is 218 Å². The molecule has 1 aromatic carbocycles. The molecule has 0 saturated heterocycles. The van der Waals surface area contributed by atoms with E-state index in [1.54, 1.807) is 16.1 Å². The van der Waals surface area contributed by atoms with Crippen molar-refractivity contribution in [1.29, 1.82) is 0 Å². The van der Waals surface area contributed by atoms with Crippen molar-refractivity contribution in [3.8, 4) is 34.1 Å². The molecule has 0 fully saturated rings. The van der Waals surface area contributed by atoms with Gasteiger partial charge in [-0.1, -0.05) is 0 Å². The average Bonchev–Trinajstić information content (AvgIpc) is 3.51. The number of benzene rings is 1. The van der Waals surface area contributed by atoms with Gasteiger partial charge in [0.15, 0.2) is 0 Å².